The van der Waals surface area contributed by atoms with Gasteiger partial charge in [-0.2, -0.15) is 19.0 Å². The van der Waals surface area contributed by atoms with E-state index in [0.717, 1.165) is 17.8 Å². The highest BCUT2D eigenvalue weighted by molar-refractivity contribution is 6.92. The van der Waals surface area contributed by atoms with Crippen molar-refractivity contribution in [1.82, 2.24) is 0 Å². The third-order valence-corrected chi connectivity index (χ3v) is 6.96. The fraction of sp³-hybridized carbons (Fsp3) is 0.769. The molecule has 0 N–H and O–H groups in total. The molecule has 164 valence electrons. The highest BCUT2D eigenvalue weighted by Crippen LogP contribution is 2.31. The molecule has 1 aromatic rings. The average Bonchev–Trinajstić information content (AvgIpc) is 2.63. The Labute approximate surface area is 178 Å². The van der Waals surface area contributed by atoms with Crippen molar-refractivity contribution < 1.29 is 4.48 Å². The number of benzene rings is 1. The summed E-state index contributed by atoms with van der Waals surface area (Å²) in [6.45, 7) is 28.5. The van der Waals surface area contributed by atoms with Crippen LogP contribution in [0.4, 0.5) is 0 Å². The van der Waals surface area contributed by atoms with Gasteiger partial charge in [0, 0.05) is 6.15 Å². The lowest BCUT2D eigenvalue weighted by Gasteiger charge is -2.45. The molecule has 0 spiro atoms. The van der Waals surface area contributed by atoms with Gasteiger partial charge in [-0.25, -0.2) is 5.46 Å². The van der Waals surface area contributed by atoms with Gasteiger partial charge in [0.25, 0.3) is 0 Å². The van der Waals surface area contributed by atoms with E-state index >= 15 is 0 Å². The van der Waals surface area contributed by atoms with E-state index in [1.54, 1.807) is 5.46 Å². The maximum absolute atomic E-state index is 2.38. The summed E-state index contributed by atoms with van der Waals surface area (Å²) in [6, 6.07) is 11.3. The number of hydrogen-bond donors (Lipinski definition) is 0. The van der Waals surface area contributed by atoms with Gasteiger partial charge in [0.1, 0.15) is 0 Å². The first-order chi connectivity index (χ1) is 13.1. The molecule has 0 amide bonds. The smallest absolute Gasteiger partial charge is 0.0757 e. The molecule has 1 nitrogen and oxygen atoms in total. The van der Waals surface area contributed by atoms with Crippen LogP contribution in [0.5, 0.6) is 0 Å². The minimum absolute atomic E-state index is 0.415. The first-order valence-electron chi connectivity index (χ1n) is 12.2. The Balaban J connectivity index is 0.000000684. The fourth-order valence-corrected chi connectivity index (χ4v) is 5.61. The molecule has 0 atom stereocenters. The van der Waals surface area contributed by atoms with Crippen LogP contribution in [0.15, 0.2) is 30.3 Å². The molecule has 0 fully saturated rings. The van der Waals surface area contributed by atoms with Crippen LogP contribution in [0.25, 0.3) is 0 Å². The van der Waals surface area contributed by atoms with Gasteiger partial charge < -0.3 is 4.48 Å². The summed E-state index contributed by atoms with van der Waals surface area (Å²) in [5.74, 6) is 2.33. The average molecular weight is 390 g/mol. The lowest BCUT2D eigenvalue weighted by molar-refractivity contribution is -0.921. The topological polar surface area (TPSA) is 0 Å². The van der Waals surface area contributed by atoms with Gasteiger partial charge in [-0.15, -0.1) is 0 Å². The number of nitrogens with zero attached hydrogens (tertiary/aromatic N) is 1. The van der Waals surface area contributed by atoms with Crippen molar-refractivity contribution >= 4 is 11.6 Å². The first-order valence-corrected chi connectivity index (χ1v) is 12.2. The van der Waals surface area contributed by atoms with E-state index in [1.807, 2.05) is 0 Å². The van der Waals surface area contributed by atoms with E-state index in [2.05, 4.69) is 99.6 Å². The summed E-state index contributed by atoms with van der Waals surface area (Å²) in [6.07, 6.45) is 3.67. The summed E-state index contributed by atoms with van der Waals surface area (Å²) in [7, 11) is 0. The highest BCUT2D eigenvalue weighted by Gasteiger charge is 2.28. The van der Waals surface area contributed by atoms with Crippen LogP contribution in [0.3, 0.4) is 0 Å². The van der Waals surface area contributed by atoms with Gasteiger partial charge in [-0.05, 0) is 27.7 Å². The summed E-state index contributed by atoms with van der Waals surface area (Å²) >= 11 is 0. The monoisotopic (exact) mass is 389 g/mol. The van der Waals surface area contributed by atoms with E-state index in [9.17, 15) is 0 Å². The summed E-state index contributed by atoms with van der Waals surface area (Å²) in [4.78, 5) is 0. The Morgan fingerprint density at radius 3 is 1.14 bits per heavy atom. The van der Waals surface area contributed by atoms with Gasteiger partial charge in [0.05, 0.1) is 26.2 Å². The zero-order valence-corrected chi connectivity index (χ0v) is 21.1. The van der Waals surface area contributed by atoms with Crippen LogP contribution in [0.2, 0.25) is 19.0 Å². The molecule has 2 heteroatoms. The molecule has 0 radical (unpaired) electrons. The molecule has 0 aliphatic heterocycles. The van der Waals surface area contributed by atoms with Gasteiger partial charge in [-0.1, -0.05) is 89.6 Å². The second kappa shape index (κ2) is 13.5. The van der Waals surface area contributed by atoms with Crippen molar-refractivity contribution in [3.63, 3.8) is 0 Å². The third-order valence-electron chi connectivity index (χ3n) is 6.96. The van der Waals surface area contributed by atoms with Crippen LogP contribution < -0.4 is 5.46 Å². The molecule has 0 saturated carbocycles. The predicted octanol–water partition coefficient (Wildman–Crippen LogP) is 7.19. The lowest BCUT2D eigenvalue weighted by atomic mass is 9.14. The van der Waals surface area contributed by atoms with Gasteiger partial charge in [-0.3, -0.25) is 0 Å². The molecule has 0 saturated heterocycles. The standard InChI is InChI=1S/C18H32B.C8H20N/c1-15(2)12-19(13-16(3)4,14-17(5)6)18-10-8-7-9-11-18;1-5-9(6-2,7-3)8-4/h7-11,15-17H,12-14H2,1-6H3;5-8H2,1-4H3/q-1;+1. The summed E-state index contributed by atoms with van der Waals surface area (Å²) in [5.41, 5.74) is 1.61. The largest absolute Gasteiger partial charge is 0.325 e. The minimum Gasteiger partial charge on any atom is -0.325 e. The van der Waals surface area contributed by atoms with Crippen LogP contribution in [-0.2, 0) is 0 Å². The van der Waals surface area contributed by atoms with Crippen molar-refractivity contribution in [1.29, 1.82) is 0 Å². The number of rotatable bonds is 11. The Kier molecular flexibility index (Phi) is 13.1. The molecule has 0 aliphatic rings. The molecule has 1 rings (SSSR count). The molecule has 0 heterocycles. The maximum atomic E-state index is 2.38. The van der Waals surface area contributed by atoms with Gasteiger partial charge in [0.2, 0.25) is 0 Å². The zero-order chi connectivity index (χ0) is 21.8. The van der Waals surface area contributed by atoms with Crippen molar-refractivity contribution in [2.45, 2.75) is 88.2 Å². The van der Waals surface area contributed by atoms with E-state index in [-0.39, 0.29) is 0 Å². The SMILES string of the molecule is CC(C)C[B-](CC(C)C)(CC(C)C)c1ccccc1.CC[N+](CC)(CC)CC. The number of quaternary nitrogens is 1. The normalized spacial score (nSPS) is 12.5. The Morgan fingerprint density at radius 1 is 0.607 bits per heavy atom. The Morgan fingerprint density at radius 2 is 0.929 bits per heavy atom. The number of hydrogen-bond acceptors (Lipinski definition) is 0. The van der Waals surface area contributed by atoms with Gasteiger partial charge >= 0.3 is 0 Å². The van der Waals surface area contributed by atoms with Crippen molar-refractivity contribution in [3.05, 3.63) is 30.3 Å². The van der Waals surface area contributed by atoms with Crippen molar-refractivity contribution in [3.8, 4) is 0 Å². The lowest BCUT2D eigenvalue weighted by Crippen LogP contribution is -2.50. The Bertz CT molecular complexity index is 444. The Hall–Kier alpha value is -0.755. The highest BCUT2D eigenvalue weighted by atomic mass is 15.3. The van der Waals surface area contributed by atoms with Crippen LogP contribution in [-0.4, -0.2) is 36.8 Å². The molecule has 0 aliphatic carbocycles. The molecule has 1 aromatic carbocycles. The second-order valence-corrected chi connectivity index (χ2v) is 10.4. The molecule has 0 aromatic heterocycles. The first kappa shape index (κ1) is 27.2. The molecular weight excluding hydrogens is 337 g/mol. The third kappa shape index (κ3) is 9.16. The molecule has 28 heavy (non-hydrogen) atoms. The van der Waals surface area contributed by atoms with Crippen LogP contribution >= 0.6 is 0 Å². The van der Waals surface area contributed by atoms with E-state index < -0.39 is 6.15 Å². The summed E-state index contributed by atoms with van der Waals surface area (Å²) < 4.78 is 1.28. The van der Waals surface area contributed by atoms with Crippen LogP contribution in [0, 0.1) is 17.8 Å². The molecule has 0 unspecified atom stereocenters. The predicted molar refractivity (Wildman–Crippen MR) is 133 cm³/mol. The fourth-order valence-electron chi connectivity index (χ4n) is 5.61. The van der Waals surface area contributed by atoms with Crippen molar-refractivity contribution in [2.24, 2.45) is 17.8 Å². The quantitative estimate of drug-likeness (QED) is 0.277. The van der Waals surface area contributed by atoms with Crippen LogP contribution in [0.1, 0.15) is 69.2 Å². The van der Waals surface area contributed by atoms with Crippen molar-refractivity contribution in [2.75, 3.05) is 26.2 Å². The molecule has 0 bridgehead atoms. The second-order valence-electron chi connectivity index (χ2n) is 10.4. The maximum Gasteiger partial charge on any atom is 0.0757 e. The van der Waals surface area contributed by atoms with E-state index in [0.29, 0.717) is 0 Å². The molecular formula is C26H52BN. The van der Waals surface area contributed by atoms with E-state index in [4.69, 9.17) is 0 Å². The summed E-state index contributed by atoms with van der Waals surface area (Å²) in [5, 5.41) is 0. The van der Waals surface area contributed by atoms with Gasteiger partial charge in [0.15, 0.2) is 0 Å². The van der Waals surface area contributed by atoms with E-state index in [1.165, 1.54) is 49.6 Å². The zero-order valence-electron chi connectivity index (χ0n) is 21.1. The minimum atomic E-state index is -0.415.